The van der Waals surface area contributed by atoms with Crippen molar-refractivity contribution >= 4 is 17.3 Å². The average Bonchev–Trinajstić information content (AvgIpc) is 2.68. The van der Waals surface area contributed by atoms with Gasteiger partial charge in [-0.1, -0.05) is 23.8 Å². The van der Waals surface area contributed by atoms with E-state index >= 15 is 0 Å². The maximum atomic E-state index is 12.4. The van der Waals surface area contributed by atoms with Crippen LogP contribution in [0.5, 0.6) is 0 Å². The van der Waals surface area contributed by atoms with Crippen molar-refractivity contribution in [2.75, 3.05) is 0 Å². The Hall–Kier alpha value is -2.10. The zero-order valence-corrected chi connectivity index (χ0v) is 12.3. The Balaban J connectivity index is 2.08. The molecule has 0 saturated heterocycles. The number of benzene rings is 1. The number of aryl methyl sites for hydroxylation is 2. The number of hydrogen-bond acceptors (Lipinski definition) is 3. The molecule has 1 amide bonds. The largest absolute Gasteiger partial charge is 0.509 e. The minimum Gasteiger partial charge on any atom is -0.509 e. The number of rotatable bonds is 1. The van der Waals surface area contributed by atoms with E-state index in [1.54, 1.807) is 0 Å². The summed E-state index contributed by atoms with van der Waals surface area (Å²) in [5.41, 5.74) is 2.41. The van der Waals surface area contributed by atoms with E-state index < -0.39 is 5.54 Å². The van der Waals surface area contributed by atoms with E-state index in [2.05, 4.69) is 5.32 Å². The molecule has 0 aromatic heterocycles. The zero-order valence-electron chi connectivity index (χ0n) is 12.3. The van der Waals surface area contributed by atoms with E-state index in [0.29, 0.717) is 31.3 Å². The molecule has 0 unspecified atom stereocenters. The van der Waals surface area contributed by atoms with E-state index in [1.165, 1.54) is 0 Å². The summed E-state index contributed by atoms with van der Waals surface area (Å²) in [6, 6.07) is 5.86. The third kappa shape index (κ3) is 2.15. The van der Waals surface area contributed by atoms with E-state index in [9.17, 15) is 14.7 Å². The third-order valence-electron chi connectivity index (χ3n) is 4.59. The second-order valence-corrected chi connectivity index (χ2v) is 6.12. The summed E-state index contributed by atoms with van der Waals surface area (Å²) in [4.78, 5) is 23.8. The number of Topliss-reactive ketones (excluding diaryl/α,β-unsaturated/α-hetero) is 1. The predicted octanol–water partition coefficient (Wildman–Crippen LogP) is 2.58. The summed E-state index contributed by atoms with van der Waals surface area (Å²) in [5, 5.41) is 13.6. The normalized spacial score (nSPS) is 21.0. The predicted molar refractivity (Wildman–Crippen MR) is 79.8 cm³/mol. The Morgan fingerprint density at radius 3 is 2.48 bits per heavy atom. The molecule has 4 nitrogen and oxygen atoms in total. The summed E-state index contributed by atoms with van der Waals surface area (Å²) >= 11 is 0. The average molecular weight is 285 g/mol. The van der Waals surface area contributed by atoms with Crippen LogP contribution < -0.4 is 5.32 Å². The molecule has 4 heteroatoms. The quantitative estimate of drug-likeness (QED) is 0.833. The molecule has 1 aliphatic heterocycles. The molecule has 1 heterocycles. The molecule has 1 aliphatic carbocycles. The van der Waals surface area contributed by atoms with Gasteiger partial charge in [0.15, 0.2) is 0 Å². The Morgan fingerprint density at radius 2 is 1.81 bits per heavy atom. The van der Waals surface area contributed by atoms with Gasteiger partial charge in [0.2, 0.25) is 0 Å². The van der Waals surface area contributed by atoms with Crippen molar-refractivity contribution in [2.45, 2.75) is 45.1 Å². The fourth-order valence-corrected chi connectivity index (χ4v) is 3.26. The van der Waals surface area contributed by atoms with Crippen molar-refractivity contribution in [3.8, 4) is 0 Å². The standard InChI is InChI=1S/C17H19NO3/c1-10-3-4-11(2)13(9-10)14-15(20)17(18-16(14)21)7-5-12(19)6-8-17/h3-4,9,20H,5-8H2,1-2H3,(H,18,21). The van der Waals surface area contributed by atoms with E-state index in [4.69, 9.17) is 0 Å². The first-order valence-corrected chi connectivity index (χ1v) is 7.28. The van der Waals surface area contributed by atoms with Crippen LogP contribution in [-0.2, 0) is 9.59 Å². The van der Waals surface area contributed by atoms with Crippen LogP contribution in [-0.4, -0.2) is 22.3 Å². The second-order valence-electron chi connectivity index (χ2n) is 6.12. The summed E-state index contributed by atoms with van der Waals surface area (Å²) in [6.07, 6.45) is 1.78. The lowest BCUT2D eigenvalue weighted by Gasteiger charge is -2.32. The highest BCUT2D eigenvalue weighted by Gasteiger charge is 2.47. The van der Waals surface area contributed by atoms with Gasteiger partial charge < -0.3 is 10.4 Å². The number of carbonyl (C=O) groups is 2. The van der Waals surface area contributed by atoms with Gasteiger partial charge in [0, 0.05) is 12.8 Å². The fourth-order valence-electron chi connectivity index (χ4n) is 3.26. The second kappa shape index (κ2) is 4.72. The molecule has 2 aliphatic rings. The van der Waals surface area contributed by atoms with Gasteiger partial charge in [-0.25, -0.2) is 0 Å². The number of aliphatic hydroxyl groups is 1. The molecule has 2 N–H and O–H groups in total. The van der Waals surface area contributed by atoms with Gasteiger partial charge in [-0.15, -0.1) is 0 Å². The van der Waals surface area contributed by atoms with Gasteiger partial charge in [0.25, 0.3) is 5.91 Å². The first kappa shape index (κ1) is 13.9. The maximum absolute atomic E-state index is 12.4. The fraction of sp³-hybridized carbons (Fsp3) is 0.412. The van der Waals surface area contributed by atoms with Crippen molar-refractivity contribution in [3.63, 3.8) is 0 Å². The molecular formula is C17H19NO3. The van der Waals surface area contributed by atoms with Gasteiger partial charge in [-0.2, -0.15) is 0 Å². The Bertz CT molecular complexity index is 663. The summed E-state index contributed by atoms with van der Waals surface area (Å²) in [7, 11) is 0. The Kier molecular flexibility index (Phi) is 3.12. The number of ketones is 1. The van der Waals surface area contributed by atoms with Crippen LogP contribution in [0.1, 0.15) is 42.4 Å². The van der Waals surface area contributed by atoms with Crippen LogP contribution >= 0.6 is 0 Å². The first-order chi connectivity index (χ1) is 9.93. The number of amides is 1. The SMILES string of the molecule is Cc1ccc(C)c(C2=C(O)C3(CCC(=O)CC3)NC2=O)c1. The van der Waals surface area contributed by atoms with Crippen LogP contribution in [0, 0.1) is 13.8 Å². The highest BCUT2D eigenvalue weighted by atomic mass is 16.3. The van der Waals surface area contributed by atoms with Crippen molar-refractivity contribution < 1.29 is 14.7 Å². The van der Waals surface area contributed by atoms with Crippen LogP contribution in [0.25, 0.3) is 5.57 Å². The topological polar surface area (TPSA) is 66.4 Å². The summed E-state index contributed by atoms with van der Waals surface area (Å²) < 4.78 is 0. The van der Waals surface area contributed by atoms with Gasteiger partial charge in [0.05, 0.1) is 11.1 Å². The maximum Gasteiger partial charge on any atom is 0.256 e. The summed E-state index contributed by atoms with van der Waals surface area (Å²) in [6.45, 7) is 3.89. The number of aliphatic hydroxyl groups excluding tert-OH is 1. The molecule has 21 heavy (non-hydrogen) atoms. The van der Waals surface area contributed by atoms with Crippen LogP contribution in [0.4, 0.5) is 0 Å². The van der Waals surface area contributed by atoms with Gasteiger partial charge in [-0.05, 0) is 37.8 Å². The van der Waals surface area contributed by atoms with Crippen LogP contribution in [0.2, 0.25) is 0 Å². The lowest BCUT2D eigenvalue weighted by atomic mass is 9.80. The lowest BCUT2D eigenvalue weighted by molar-refractivity contribution is -0.123. The summed E-state index contributed by atoms with van der Waals surface area (Å²) in [5.74, 6) is 0.0621. The molecule has 0 bridgehead atoms. The molecule has 0 atom stereocenters. The smallest absolute Gasteiger partial charge is 0.256 e. The highest BCUT2D eigenvalue weighted by molar-refractivity contribution is 6.23. The van der Waals surface area contributed by atoms with Crippen molar-refractivity contribution in [1.29, 1.82) is 0 Å². The minimum atomic E-state index is -0.740. The molecule has 1 aromatic carbocycles. The Morgan fingerprint density at radius 1 is 1.14 bits per heavy atom. The van der Waals surface area contributed by atoms with Gasteiger partial charge in [0.1, 0.15) is 11.5 Å². The van der Waals surface area contributed by atoms with Crippen molar-refractivity contribution in [3.05, 3.63) is 40.6 Å². The zero-order chi connectivity index (χ0) is 15.2. The van der Waals surface area contributed by atoms with E-state index in [0.717, 1.165) is 16.7 Å². The highest BCUT2D eigenvalue weighted by Crippen LogP contribution is 2.41. The number of hydrogen-bond donors (Lipinski definition) is 2. The molecule has 1 saturated carbocycles. The lowest BCUT2D eigenvalue weighted by Crippen LogP contribution is -2.47. The third-order valence-corrected chi connectivity index (χ3v) is 4.59. The van der Waals surface area contributed by atoms with E-state index in [1.807, 2.05) is 32.0 Å². The van der Waals surface area contributed by atoms with Crippen LogP contribution in [0.15, 0.2) is 24.0 Å². The van der Waals surface area contributed by atoms with E-state index in [-0.39, 0.29) is 17.4 Å². The molecular weight excluding hydrogens is 266 g/mol. The Labute approximate surface area is 123 Å². The van der Waals surface area contributed by atoms with Gasteiger partial charge in [-0.3, -0.25) is 9.59 Å². The molecule has 0 radical (unpaired) electrons. The minimum absolute atomic E-state index is 0.105. The number of carbonyl (C=O) groups excluding carboxylic acids is 2. The molecule has 3 rings (SSSR count). The molecule has 1 aromatic rings. The number of nitrogens with one attached hydrogen (secondary N) is 1. The monoisotopic (exact) mass is 285 g/mol. The van der Waals surface area contributed by atoms with Crippen LogP contribution in [0.3, 0.4) is 0 Å². The van der Waals surface area contributed by atoms with Crippen molar-refractivity contribution in [1.82, 2.24) is 5.32 Å². The molecule has 110 valence electrons. The van der Waals surface area contributed by atoms with Crippen molar-refractivity contribution in [2.24, 2.45) is 0 Å². The molecule has 1 spiro atoms. The first-order valence-electron chi connectivity index (χ1n) is 7.28. The molecule has 1 fully saturated rings. The van der Waals surface area contributed by atoms with Gasteiger partial charge >= 0.3 is 0 Å².